The van der Waals surface area contributed by atoms with Crippen molar-refractivity contribution in [1.29, 1.82) is 0 Å². The zero-order valence-electron chi connectivity index (χ0n) is 21.2. The van der Waals surface area contributed by atoms with Gasteiger partial charge in [-0.3, -0.25) is 0 Å². The van der Waals surface area contributed by atoms with Crippen molar-refractivity contribution in [2.24, 2.45) is 5.41 Å². The zero-order valence-corrected chi connectivity index (χ0v) is 21.2. The summed E-state index contributed by atoms with van der Waals surface area (Å²) >= 11 is 0. The van der Waals surface area contributed by atoms with E-state index in [0.29, 0.717) is 39.5 Å². The van der Waals surface area contributed by atoms with Crippen LogP contribution in [0.15, 0.2) is 48.5 Å². The van der Waals surface area contributed by atoms with E-state index < -0.39 is 11.6 Å². The molecule has 4 rings (SSSR count). The summed E-state index contributed by atoms with van der Waals surface area (Å²) in [6.07, 6.45) is 0. The van der Waals surface area contributed by atoms with Crippen molar-refractivity contribution in [3.63, 3.8) is 0 Å². The first-order valence-electron chi connectivity index (χ1n) is 12.2. The first kappa shape index (κ1) is 25.9. The fraction of sp³-hybridized carbons (Fsp3) is 0.556. The molecule has 35 heavy (non-hydrogen) atoms. The monoisotopic (exact) mass is 486 g/mol. The van der Waals surface area contributed by atoms with Gasteiger partial charge in [0.2, 0.25) is 11.6 Å². The minimum absolute atomic E-state index is 0.0284. The van der Waals surface area contributed by atoms with Crippen LogP contribution in [0.25, 0.3) is 0 Å². The van der Waals surface area contributed by atoms with Gasteiger partial charge < -0.3 is 39.1 Å². The Balaban J connectivity index is 1.31. The number of nitrogens with one attached hydrogen (secondary N) is 2. The van der Waals surface area contributed by atoms with E-state index in [-0.39, 0.29) is 5.41 Å². The van der Waals surface area contributed by atoms with Crippen LogP contribution < -0.4 is 20.1 Å². The molecule has 0 aromatic heterocycles. The third kappa shape index (κ3) is 6.14. The van der Waals surface area contributed by atoms with Crippen LogP contribution in [0.1, 0.15) is 25.0 Å². The minimum atomic E-state index is -0.778. The topological polar surface area (TPSA) is 79.4 Å². The van der Waals surface area contributed by atoms with Crippen LogP contribution in [0.3, 0.4) is 0 Å². The summed E-state index contributed by atoms with van der Waals surface area (Å²) in [6.45, 7) is 9.43. The number of ether oxygens (including phenoxy) is 6. The third-order valence-corrected chi connectivity index (χ3v) is 6.49. The van der Waals surface area contributed by atoms with Crippen molar-refractivity contribution in [2.75, 3.05) is 66.8 Å². The molecule has 0 spiro atoms. The van der Waals surface area contributed by atoms with Gasteiger partial charge in [0.05, 0.1) is 53.7 Å². The number of rotatable bonds is 12. The fourth-order valence-corrected chi connectivity index (χ4v) is 4.53. The average molecular weight is 487 g/mol. The number of benzene rings is 2. The maximum atomic E-state index is 6.06. The van der Waals surface area contributed by atoms with E-state index in [2.05, 4.69) is 24.5 Å². The molecule has 0 aliphatic carbocycles. The predicted molar refractivity (Wildman–Crippen MR) is 133 cm³/mol. The largest absolute Gasteiger partial charge is 0.497 e. The molecule has 2 aromatic carbocycles. The SMILES string of the molecule is COc1ccc(C2(CNCC(C)(C)CNCC3(c4ccc(OC)cc4)OCCO3)OCCO2)cc1. The zero-order chi connectivity index (χ0) is 24.8. The maximum absolute atomic E-state index is 6.06. The first-order chi connectivity index (χ1) is 16.9. The van der Waals surface area contributed by atoms with Crippen LogP contribution in [0.4, 0.5) is 0 Å². The van der Waals surface area contributed by atoms with Crippen LogP contribution >= 0.6 is 0 Å². The van der Waals surface area contributed by atoms with Gasteiger partial charge in [-0.1, -0.05) is 13.8 Å². The van der Waals surface area contributed by atoms with Crippen molar-refractivity contribution in [3.8, 4) is 11.5 Å². The quantitative estimate of drug-likeness (QED) is 0.474. The lowest BCUT2D eigenvalue weighted by atomic mass is 9.92. The number of hydrogen-bond donors (Lipinski definition) is 2. The molecular weight excluding hydrogens is 448 g/mol. The van der Waals surface area contributed by atoms with E-state index in [1.807, 2.05) is 48.5 Å². The van der Waals surface area contributed by atoms with Gasteiger partial charge in [0.1, 0.15) is 11.5 Å². The normalized spacial score (nSPS) is 19.1. The standard InChI is InChI=1S/C27H38N2O6/c1-25(2,17-28-19-26(32-13-14-33-26)21-5-9-23(30-3)10-6-21)18-29-20-27(34-15-16-35-27)22-7-11-24(31-4)12-8-22/h5-12,28-29H,13-20H2,1-4H3. The lowest BCUT2D eigenvalue weighted by Gasteiger charge is -2.33. The molecule has 8 heteroatoms. The van der Waals surface area contributed by atoms with Crippen molar-refractivity contribution < 1.29 is 28.4 Å². The highest BCUT2D eigenvalue weighted by molar-refractivity contribution is 5.31. The van der Waals surface area contributed by atoms with E-state index >= 15 is 0 Å². The smallest absolute Gasteiger partial charge is 0.207 e. The highest BCUT2D eigenvalue weighted by Gasteiger charge is 2.40. The summed E-state index contributed by atoms with van der Waals surface area (Å²) in [5.74, 6) is 0.0637. The molecule has 2 saturated heterocycles. The maximum Gasteiger partial charge on any atom is 0.207 e. The summed E-state index contributed by atoms with van der Waals surface area (Å²) in [5, 5.41) is 7.14. The Morgan fingerprint density at radius 3 is 1.31 bits per heavy atom. The molecule has 2 aromatic rings. The van der Waals surface area contributed by atoms with Gasteiger partial charge in [-0.15, -0.1) is 0 Å². The van der Waals surface area contributed by atoms with Crippen molar-refractivity contribution in [1.82, 2.24) is 10.6 Å². The van der Waals surface area contributed by atoms with E-state index in [1.54, 1.807) is 14.2 Å². The lowest BCUT2D eigenvalue weighted by molar-refractivity contribution is -0.163. The van der Waals surface area contributed by atoms with E-state index in [4.69, 9.17) is 28.4 Å². The molecule has 0 atom stereocenters. The van der Waals surface area contributed by atoms with Gasteiger partial charge in [-0.05, 0) is 53.9 Å². The van der Waals surface area contributed by atoms with Gasteiger partial charge in [0.25, 0.3) is 0 Å². The second kappa shape index (κ2) is 11.2. The van der Waals surface area contributed by atoms with Crippen LogP contribution in [0.2, 0.25) is 0 Å². The molecule has 2 N–H and O–H groups in total. The number of hydrogen-bond acceptors (Lipinski definition) is 8. The van der Waals surface area contributed by atoms with E-state index in [1.165, 1.54) is 0 Å². The summed E-state index contributed by atoms with van der Waals surface area (Å²) in [5.41, 5.74) is 1.94. The van der Waals surface area contributed by atoms with Crippen molar-refractivity contribution in [3.05, 3.63) is 59.7 Å². The molecule has 192 valence electrons. The molecule has 2 fully saturated rings. The molecule has 8 nitrogen and oxygen atoms in total. The van der Waals surface area contributed by atoms with Crippen molar-refractivity contribution in [2.45, 2.75) is 25.4 Å². The molecular formula is C27H38N2O6. The Morgan fingerprint density at radius 2 is 1.00 bits per heavy atom. The van der Waals surface area contributed by atoms with E-state index in [0.717, 1.165) is 35.7 Å². The Hall–Kier alpha value is -2.20. The first-order valence-corrected chi connectivity index (χ1v) is 12.2. The van der Waals surface area contributed by atoms with Crippen LogP contribution in [-0.4, -0.2) is 66.8 Å². The molecule has 0 bridgehead atoms. The Bertz CT molecular complexity index is 844. The molecule has 0 amide bonds. The molecule has 0 radical (unpaired) electrons. The van der Waals surface area contributed by atoms with Crippen LogP contribution in [0, 0.1) is 5.41 Å². The summed E-state index contributed by atoms with van der Waals surface area (Å²) < 4.78 is 34.8. The van der Waals surface area contributed by atoms with Gasteiger partial charge in [-0.25, -0.2) is 0 Å². The number of methoxy groups -OCH3 is 2. The molecule has 2 aliphatic heterocycles. The summed E-state index contributed by atoms with van der Waals surface area (Å²) in [7, 11) is 3.32. The second-order valence-electron chi connectivity index (χ2n) is 9.73. The highest BCUT2D eigenvalue weighted by Crippen LogP contribution is 2.33. The Morgan fingerprint density at radius 1 is 0.657 bits per heavy atom. The van der Waals surface area contributed by atoms with Crippen LogP contribution in [0.5, 0.6) is 11.5 Å². The lowest BCUT2D eigenvalue weighted by Crippen LogP contribution is -2.47. The molecule has 0 unspecified atom stereocenters. The molecule has 0 saturated carbocycles. The van der Waals surface area contributed by atoms with Crippen LogP contribution in [-0.2, 0) is 30.5 Å². The van der Waals surface area contributed by atoms with E-state index in [9.17, 15) is 0 Å². The Labute approximate surface area is 208 Å². The van der Waals surface area contributed by atoms with Gasteiger partial charge >= 0.3 is 0 Å². The highest BCUT2D eigenvalue weighted by atomic mass is 16.7. The van der Waals surface area contributed by atoms with Gasteiger partial charge in [0, 0.05) is 24.2 Å². The molecule has 2 aliphatic rings. The third-order valence-electron chi connectivity index (χ3n) is 6.49. The van der Waals surface area contributed by atoms with Crippen molar-refractivity contribution >= 4 is 0 Å². The van der Waals surface area contributed by atoms with Gasteiger partial charge in [0.15, 0.2) is 0 Å². The fourth-order valence-electron chi connectivity index (χ4n) is 4.53. The molecule has 2 heterocycles. The minimum Gasteiger partial charge on any atom is -0.497 e. The average Bonchev–Trinajstić information content (AvgIpc) is 3.55. The van der Waals surface area contributed by atoms with Gasteiger partial charge in [-0.2, -0.15) is 0 Å². The second-order valence-corrected chi connectivity index (χ2v) is 9.73. The Kier molecular flexibility index (Phi) is 8.31. The predicted octanol–water partition coefficient (Wildman–Crippen LogP) is 3.01. The summed E-state index contributed by atoms with van der Waals surface area (Å²) in [6, 6.07) is 15.7. The summed E-state index contributed by atoms with van der Waals surface area (Å²) in [4.78, 5) is 0.